The van der Waals surface area contributed by atoms with Crippen molar-refractivity contribution < 1.29 is 9.18 Å². The molecule has 0 saturated heterocycles. The van der Waals surface area contributed by atoms with Crippen LogP contribution in [0.2, 0.25) is 0 Å². The van der Waals surface area contributed by atoms with Crippen LogP contribution in [0, 0.1) is 5.82 Å². The summed E-state index contributed by atoms with van der Waals surface area (Å²) in [5.41, 5.74) is 7.24. The van der Waals surface area contributed by atoms with Crippen molar-refractivity contribution in [3.05, 3.63) is 59.4 Å². The highest BCUT2D eigenvalue weighted by atomic mass is 19.1. The van der Waals surface area contributed by atoms with Gasteiger partial charge in [0.2, 0.25) is 0 Å². The molecule has 0 bridgehead atoms. The molecule has 0 aliphatic heterocycles. The molecule has 0 aliphatic rings. The fraction of sp³-hybridized carbons (Fsp3) is 0.235. The number of halogens is 1. The van der Waals surface area contributed by atoms with Crippen LogP contribution < -0.4 is 11.1 Å². The van der Waals surface area contributed by atoms with E-state index in [0.29, 0.717) is 11.3 Å². The van der Waals surface area contributed by atoms with E-state index in [1.54, 1.807) is 12.1 Å². The Kier molecular flexibility index (Phi) is 3.98. The minimum atomic E-state index is -0.545. The standard InChI is InChI=1S/C17H19FN2O/c1-17(2,3)13-7-5-4-6-12(13)16(21)20-11-8-9-15(19)14(18)10-11/h4-10H,19H2,1-3H3,(H,20,21). The van der Waals surface area contributed by atoms with E-state index in [2.05, 4.69) is 5.32 Å². The molecule has 0 spiro atoms. The fourth-order valence-corrected chi connectivity index (χ4v) is 2.14. The first kappa shape index (κ1) is 15.0. The van der Waals surface area contributed by atoms with Gasteiger partial charge in [0.25, 0.3) is 5.91 Å². The van der Waals surface area contributed by atoms with E-state index in [1.165, 1.54) is 12.1 Å². The maximum absolute atomic E-state index is 13.4. The largest absolute Gasteiger partial charge is 0.396 e. The zero-order valence-corrected chi connectivity index (χ0v) is 12.4. The number of hydrogen-bond donors (Lipinski definition) is 2. The van der Waals surface area contributed by atoms with Gasteiger partial charge in [-0.3, -0.25) is 4.79 Å². The Morgan fingerprint density at radius 1 is 1.14 bits per heavy atom. The lowest BCUT2D eigenvalue weighted by Gasteiger charge is -2.22. The maximum Gasteiger partial charge on any atom is 0.255 e. The summed E-state index contributed by atoms with van der Waals surface area (Å²) in [6.07, 6.45) is 0. The topological polar surface area (TPSA) is 55.1 Å². The molecule has 0 unspecified atom stereocenters. The lowest BCUT2D eigenvalue weighted by atomic mass is 9.83. The van der Waals surface area contributed by atoms with Gasteiger partial charge in [0.1, 0.15) is 5.82 Å². The molecule has 0 heterocycles. The minimum Gasteiger partial charge on any atom is -0.396 e. The van der Waals surface area contributed by atoms with Crippen LogP contribution in [0.15, 0.2) is 42.5 Å². The quantitative estimate of drug-likeness (QED) is 0.821. The van der Waals surface area contributed by atoms with Crippen molar-refractivity contribution in [2.24, 2.45) is 0 Å². The Hall–Kier alpha value is -2.36. The number of carbonyl (C=O) groups excluding carboxylic acids is 1. The van der Waals surface area contributed by atoms with Crippen LogP contribution in [0.1, 0.15) is 36.7 Å². The van der Waals surface area contributed by atoms with Gasteiger partial charge in [0.15, 0.2) is 0 Å². The Morgan fingerprint density at radius 3 is 2.43 bits per heavy atom. The van der Waals surface area contributed by atoms with Gasteiger partial charge in [-0.25, -0.2) is 4.39 Å². The van der Waals surface area contributed by atoms with Crippen LogP contribution in [0.3, 0.4) is 0 Å². The molecule has 0 aromatic heterocycles. The number of nitrogen functional groups attached to an aromatic ring is 1. The average molecular weight is 286 g/mol. The molecular weight excluding hydrogens is 267 g/mol. The van der Waals surface area contributed by atoms with Gasteiger partial charge in [-0.05, 0) is 35.2 Å². The Bertz CT molecular complexity index is 675. The molecule has 0 saturated carbocycles. The monoisotopic (exact) mass is 286 g/mol. The maximum atomic E-state index is 13.4. The first-order valence-corrected chi connectivity index (χ1v) is 6.75. The molecule has 0 atom stereocenters. The molecule has 3 N–H and O–H groups in total. The highest BCUT2D eigenvalue weighted by Crippen LogP contribution is 2.26. The second-order valence-corrected chi connectivity index (χ2v) is 5.99. The summed E-state index contributed by atoms with van der Waals surface area (Å²) >= 11 is 0. The van der Waals surface area contributed by atoms with Crippen molar-refractivity contribution in [2.45, 2.75) is 26.2 Å². The number of nitrogens with two attached hydrogens (primary N) is 1. The van der Waals surface area contributed by atoms with E-state index >= 15 is 0 Å². The molecular formula is C17H19FN2O. The summed E-state index contributed by atoms with van der Waals surface area (Å²) < 4.78 is 13.4. The third kappa shape index (κ3) is 3.40. The van der Waals surface area contributed by atoms with Crippen LogP contribution in [0.25, 0.3) is 0 Å². The first-order chi connectivity index (χ1) is 9.79. The predicted octanol–water partition coefficient (Wildman–Crippen LogP) is 3.96. The fourth-order valence-electron chi connectivity index (χ4n) is 2.14. The van der Waals surface area contributed by atoms with Gasteiger partial charge in [-0.1, -0.05) is 39.0 Å². The second-order valence-electron chi connectivity index (χ2n) is 5.99. The molecule has 2 rings (SSSR count). The zero-order valence-electron chi connectivity index (χ0n) is 12.4. The van der Waals surface area contributed by atoms with Crippen molar-refractivity contribution in [3.63, 3.8) is 0 Å². The van der Waals surface area contributed by atoms with Gasteiger partial charge >= 0.3 is 0 Å². The summed E-state index contributed by atoms with van der Waals surface area (Å²) in [5, 5.41) is 2.70. The number of carbonyl (C=O) groups is 1. The van der Waals surface area contributed by atoms with Crippen LogP contribution in [-0.4, -0.2) is 5.91 Å². The number of anilines is 2. The van der Waals surface area contributed by atoms with Crippen LogP contribution in [-0.2, 0) is 5.41 Å². The third-order valence-corrected chi connectivity index (χ3v) is 3.24. The van der Waals surface area contributed by atoms with Gasteiger partial charge in [0, 0.05) is 11.3 Å². The zero-order chi connectivity index (χ0) is 15.6. The summed E-state index contributed by atoms with van der Waals surface area (Å²) in [6, 6.07) is 11.6. The number of nitrogens with one attached hydrogen (secondary N) is 1. The van der Waals surface area contributed by atoms with Crippen molar-refractivity contribution in [1.29, 1.82) is 0 Å². The normalized spacial score (nSPS) is 11.2. The number of amides is 1. The van der Waals surface area contributed by atoms with Gasteiger partial charge in [-0.15, -0.1) is 0 Å². The smallest absolute Gasteiger partial charge is 0.255 e. The molecule has 21 heavy (non-hydrogen) atoms. The van der Waals surface area contributed by atoms with E-state index < -0.39 is 5.82 Å². The van der Waals surface area contributed by atoms with E-state index in [4.69, 9.17) is 5.73 Å². The van der Waals surface area contributed by atoms with Crippen molar-refractivity contribution in [1.82, 2.24) is 0 Å². The number of rotatable bonds is 2. The molecule has 3 nitrogen and oxygen atoms in total. The number of hydrogen-bond acceptors (Lipinski definition) is 2. The molecule has 110 valence electrons. The molecule has 0 radical (unpaired) electrons. The van der Waals surface area contributed by atoms with Gasteiger partial charge < -0.3 is 11.1 Å². The Labute approximate surface area is 124 Å². The Balaban J connectivity index is 2.31. The van der Waals surface area contributed by atoms with Gasteiger partial charge in [-0.2, -0.15) is 0 Å². The first-order valence-electron chi connectivity index (χ1n) is 6.75. The van der Waals surface area contributed by atoms with Crippen LogP contribution in [0.5, 0.6) is 0 Å². The van der Waals surface area contributed by atoms with Crippen molar-refractivity contribution >= 4 is 17.3 Å². The summed E-state index contributed by atoms with van der Waals surface area (Å²) in [6.45, 7) is 6.13. The van der Waals surface area contributed by atoms with Crippen LogP contribution in [0.4, 0.5) is 15.8 Å². The predicted molar refractivity (Wildman–Crippen MR) is 83.9 cm³/mol. The van der Waals surface area contributed by atoms with E-state index in [-0.39, 0.29) is 17.0 Å². The summed E-state index contributed by atoms with van der Waals surface area (Å²) in [7, 11) is 0. The van der Waals surface area contributed by atoms with Gasteiger partial charge in [0.05, 0.1) is 5.69 Å². The van der Waals surface area contributed by atoms with Crippen molar-refractivity contribution in [2.75, 3.05) is 11.1 Å². The lowest BCUT2D eigenvalue weighted by molar-refractivity contribution is 0.102. The minimum absolute atomic E-state index is 0.0584. The SMILES string of the molecule is CC(C)(C)c1ccccc1C(=O)Nc1ccc(N)c(F)c1. The highest BCUT2D eigenvalue weighted by molar-refractivity contribution is 6.05. The number of benzene rings is 2. The van der Waals surface area contributed by atoms with E-state index in [1.807, 2.05) is 39.0 Å². The Morgan fingerprint density at radius 2 is 1.81 bits per heavy atom. The molecule has 2 aromatic carbocycles. The van der Waals surface area contributed by atoms with Crippen molar-refractivity contribution in [3.8, 4) is 0 Å². The van der Waals surface area contributed by atoms with E-state index in [9.17, 15) is 9.18 Å². The molecule has 2 aromatic rings. The molecule has 0 aliphatic carbocycles. The average Bonchev–Trinajstić information content (AvgIpc) is 2.42. The summed E-state index contributed by atoms with van der Waals surface area (Å²) in [5.74, 6) is -0.804. The lowest BCUT2D eigenvalue weighted by Crippen LogP contribution is -2.20. The highest BCUT2D eigenvalue weighted by Gasteiger charge is 2.21. The molecule has 4 heteroatoms. The third-order valence-electron chi connectivity index (χ3n) is 3.24. The second kappa shape index (κ2) is 5.56. The van der Waals surface area contributed by atoms with Crippen LogP contribution >= 0.6 is 0 Å². The summed E-state index contributed by atoms with van der Waals surface area (Å²) in [4.78, 5) is 12.4. The van der Waals surface area contributed by atoms with E-state index in [0.717, 1.165) is 5.56 Å². The molecule has 1 amide bonds. The molecule has 0 fully saturated rings.